The molecule has 0 aromatic heterocycles. The van der Waals surface area contributed by atoms with Crippen molar-refractivity contribution in [2.75, 3.05) is 0 Å². The Bertz CT molecular complexity index is 736. The van der Waals surface area contributed by atoms with Crippen molar-refractivity contribution in [2.24, 2.45) is 10.8 Å². The lowest BCUT2D eigenvalue weighted by molar-refractivity contribution is -0.148. The Morgan fingerprint density at radius 1 is 0.500 bits per heavy atom. The average molecular weight is 439 g/mol. The highest BCUT2D eigenvalue weighted by Crippen LogP contribution is 2.43. The summed E-state index contributed by atoms with van der Waals surface area (Å²) in [5.41, 5.74) is 1.96. The van der Waals surface area contributed by atoms with Crippen molar-refractivity contribution in [3.05, 3.63) is 71.8 Å². The molecule has 0 amide bonds. The van der Waals surface area contributed by atoms with E-state index in [1.54, 1.807) is 0 Å². The quantitative estimate of drug-likeness (QED) is 0.389. The minimum Gasteiger partial charge on any atom is -0.367 e. The Balaban J connectivity index is 2.12. The third kappa shape index (κ3) is 8.05. The Morgan fingerprint density at radius 2 is 0.781 bits per heavy atom. The van der Waals surface area contributed by atoms with Gasteiger partial charge in [-0.25, -0.2) is 0 Å². The molecule has 2 aromatic rings. The molecule has 0 radical (unpaired) electrons. The molecule has 0 bridgehead atoms. The summed E-state index contributed by atoms with van der Waals surface area (Å²) in [6.07, 6.45) is 1.92. The van der Waals surface area contributed by atoms with Gasteiger partial charge in [-0.15, -0.1) is 0 Å². The predicted octanol–water partition coefficient (Wildman–Crippen LogP) is 8.93. The van der Waals surface area contributed by atoms with Gasteiger partial charge in [0.25, 0.3) is 0 Å². The first-order valence-corrected chi connectivity index (χ1v) is 12.1. The molecule has 178 valence electrons. The van der Waals surface area contributed by atoms with Gasteiger partial charge in [0.05, 0.1) is 23.4 Å². The second kappa shape index (κ2) is 10.1. The first-order chi connectivity index (χ1) is 14.6. The van der Waals surface area contributed by atoms with Crippen LogP contribution in [0, 0.1) is 10.8 Å². The van der Waals surface area contributed by atoms with E-state index in [1.165, 1.54) is 11.1 Å². The highest BCUT2D eigenvalue weighted by Gasteiger charge is 2.36. The fraction of sp³-hybridized carbons (Fsp3) is 0.600. The van der Waals surface area contributed by atoms with Crippen LogP contribution in [0.2, 0.25) is 0 Å². The number of rotatable bonds is 9. The Morgan fingerprint density at radius 3 is 1.03 bits per heavy atom. The minimum absolute atomic E-state index is 0.00921. The van der Waals surface area contributed by atoms with E-state index >= 15 is 0 Å². The van der Waals surface area contributed by atoms with Gasteiger partial charge in [0.15, 0.2) is 0 Å². The molecule has 2 unspecified atom stereocenters. The molecule has 0 N–H and O–H groups in total. The molecule has 2 heteroatoms. The summed E-state index contributed by atoms with van der Waals surface area (Å²) < 4.78 is 13.6. The highest BCUT2D eigenvalue weighted by atomic mass is 16.5. The van der Waals surface area contributed by atoms with Crippen molar-refractivity contribution in [1.29, 1.82) is 0 Å². The lowest BCUT2D eigenvalue weighted by atomic mass is 9.83. The topological polar surface area (TPSA) is 18.5 Å². The summed E-state index contributed by atoms with van der Waals surface area (Å²) in [6.45, 7) is 22.4. The summed E-state index contributed by atoms with van der Waals surface area (Å²) in [5.74, 6) is 0. The van der Waals surface area contributed by atoms with Crippen LogP contribution in [0.25, 0.3) is 0 Å². The third-order valence-electron chi connectivity index (χ3n) is 5.98. The van der Waals surface area contributed by atoms with E-state index < -0.39 is 0 Å². The van der Waals surface area contributed by atoms with Crippen LogP contribution in [-0.4, -0.2) is 11.2 Å². The Hall–Kier alpha value is -1.64. The van der Waals surface area contributed by atoms with Crippen LogP contribution in [0.4, 0.5) is 0 Å². The van der Waals surface area contributed by atoms with Crippen molar-refractivity contribution >= 4 is 0 Å². The van der Waals surface area contributed by atoms with Crippen LogP contribution < -0.4 is 0 Å². The Labute approximate surface area is 197 Å². The first-order valence-electron chi connectivity index (χ1n) is 12.1. The van der Waals surface area contributed by atoms with Crippen molar-refractivity contribution in [3.63, 3.8) is 0 Å². The summed E-state index contributed by atoms with van der Waals surface area (Å²) in [5, 5.41) is 0. The van der Waals surface area contributed by atoms with Crippen molar-refractivity contribution < 1.29 is 9.47 Å². The highest BCUT2D eigenvalue weighted by molar-refractivity contribution is 5.20. The standard InChI is InChI=1S/C30H46O2/c1-27(2,3)25(23-17-13-11-14-18-23)31-29(7,8)21-22-30(9,10)32-26(28(4,5)6)24-19-15-12-16-20-24/h11-20,25-26H,21-22H2,1-10H3. The largest absolute Gasteiger partial charge is 0.367 e. The van der Waals surface area contributed by atoms with Crippen molar-refractivity contribution in [3.8, 4) is 0 Å². The van der Waals surface area contributed by atoms with Crippen molar-refractivity contribution in [1.82, 2.24) is 0 Å². The molecule has 0 fully saturated rings. The fourth-order valence-electron chi connectivity index (χ4n) is 4.10. The summed E-state index contributed by atoms with van der Waals surface area (Å²) >= 11 is 0. The number of hydrogen-bond donors (Lipinski definition) is 0. The predicted molar refractivity (Wildman–Crippen MR) is 137 cm³/mol. The SMILES string of the molecule is CC(C)(CCC(C)(C)OC(c1ccccc1)C(C)(C)C)OC(c1ccccc1)C(C)(C)C. The van der Waals surface area contributed by atoms with Gasteiger partial charge in [-0.05, 0) is 62.5 Å². The van der Waals surface area contributed by atoms with Gasteiger partial charge >= 0.3 is 0 Å². The molecule has 2 atom stereocenters. The molecule has 0 saturated carbocycles. The number of hydrogen-bond acceptors (Lipinski definition) is 2. The smallest absolute Gasteiger partial charge is 0.0880 e. The average Bonchev–Trinajstić information content (AvgIpc) is 2.69. The molecule has 2 nitrogen and oxygen atoms in total. The molecule has 32 heavy (non-hydrogen) atoms. The van der Waals surface area contributed by atoms with Crippen LogP contribution in [0.3, 0.4) is 0 Å². The maximum absolute atomic E-state index is 6.79. The zero-order valence-corrected chi connectivity index (χ0v) is 22.2. The normalized spacial score (nSPS) is 15.4. The van der Waals surface area contributed by atoms with Crippen LogP contribution >= 0.6 is 0 Å². The van der Waals surface area contributed by atoms with Gasteiger partial charge in [-0.3, -0.25) is 0 Å². The third-order valence-corrected chi connectivity index (χ3v) is 5.98. The number of ether oxygens (including phenoxy) is 2. The first kappa shape index (κ1) is 26.6. The minimum atomic E-state index is -0.265. The van der Waals surface area contributed by atoms with Gasteiger partial charge in [0, 0.05) is 0 Å². The van der Waals surface area contributed by atoms with Gasteiger partial charge < -0.3 is 9.47 Å². The molecular formula is C30H46O2. The van der Waals surface area contributed by atoms with Crippen LogP contribution in [0.1, 0.15) is 105 Å². The lowest BCUT2D eigenvalue weighted by Crippen LogP contribution is -2.37. The molecular weight excluding hydrogens is 392 g/mol. The van der Waals surface area contributed by atoms with Gasteiger partial charge in [0.2, 0.25) is 0 Å². The van der Waals surface area contributed by atoms with Crippen LogP contribution in [0.15, 0.2) is 60.7 Å². The molecule has 0 spiro atoms. The molecule has 0 aliphatic rings. The maximum Gasteiger partial charge on any atom is 0.0880 e. The molecule has 2 aromatic carbocycles. The zero-order valence-electron chi connectivity index (χ0n) is 22.2. The maximum atomic E-state index is 6.79. The van der Waals surface area contributed by atoms with E-state index in [0.29, 0.717) is 0 Å². The number of benzene rings is 2. The monoisotopic (exact) mass is 438 g/mol. The second-order valence-corrected chi connectivity index (χ2v) is 12.6. The van der Waals surface area contributed by atoms with E-state index in [4.69, 9.17) is 9.47 Å². The van der Waals surface area contributed by atoms with Gasteiger partial charge in [0.1, 0.15) is 0 Å². The molecule has 0 heterocycles. The van der Waals surface area contributed by atoms with Crippen LogP contribution in [0.5, 0.6) is 0 Å². The molecule has 2 rings (SSSR count). The van der Waals surface area contributed by atoms with E-state index in [0.717, 1.165) is 12.8 Å². The summed E-state index contributed by atoms with van der Waals surface area (Å²) in [6, 6.07) is 21.2. The van der Waals surface area contributed by atoms with Gasteiger partial charge in [-0.1, -0.05) is 102 Å². The van der Waals surface area contributed by atoms with E-state index in [1.807, 2.05) is 0 Å². The van der Waals surface area contributed by atoms with E-state index in [2.05, 4.69) is 130 Å². The Kier molecular flexibility index (Phi) is 8.40. The molecule has 0 aliphatic heterocycles. The molecule has 0 saturated heterocycles. The summed E-state index contributed by atoms with van der Waals surface area (Å²) in [7, 11) is 0. The van der Waals surface area contributed by atoms with Crippen molar-refractivity contribution in [2.45, 2.75) is 105 Å². The second-order valence-electron chi connectivity index (χ2n) is 12.6. The fourth-order valence-corrected chi connectivity index (χ4v) is 4.10. The van der Waals surface area contributed by atoms with Crippen LogP contribution in [-0.2, 0) is 9.47 Å². The molecule has 0 aliphatic carbocycles. The summed E-state index contributed by atoms with van der Waals surface area (Å²) in [4.78, 5) is 0. The lowest BCUT2D eigenvalue weighted by Gasteiger charge is -2.41. The zero-order chi connectivity index (χ0) is 24.2. The van der Waals surface area contributed by atoms with E-state index in [9.17, 15) is 0 Å². The van der Waals surface area contributed by atoms with Gasteiger partial charge in [-0.2, -0.15) is 0 Å². The van der Waals surface area contributed by atoms with E-state index in [-0.39, 0.29) is 34.2 Å².